The van der Waals surface area contributed by atoms with Crippen molar-refractivity contribution >= 4 is 11.8 Å². The van der Waals surface area contributed by atoms with Crippen LogP contribution in [0, 0.1) is 0 Å². The molecule has 0 bridgehead atoms. The normalized spacial score (nSPS) is 15.6. The largest absolute Gasteiger partial charge is 0.493 e. The highest BCUT2D eigenvalue weighted by Crippen LogP contribution is 2.35. The van der Waals surface area contributed by atoms with Crippen LogP contribution in [0.3, 0.4) is 0 Å². The number of benzene rings is 2. The second-order valence-corrected chi connectivity index (χ2v) is 10.9. The maximum absolute atomic E-state index is 13.1. The van der Waals surface area contributed by atoms with E-state index in [0.29, 0.717) is 68.9 Å². The van der Waals surface area contributed by atoms with Crippen LogP contribution in [-0.4, -0.2) is 103 Å². The molecule has 0 spiro atoms. The van der Waals surface area contributed by atoms with Crippen LogP contribution >= 0.6 is 0 Å². The van der Waals surface area contributed by atoms with Gasteiger partial charge in [-0.05, 0) is 41.3 Å². The molecule has 5 rings (SSSR count). The highest BCUT2D eigenvalue weighted by Gasteiger charge is 2.33. The number of ether oxygens (including phenoxy) is 3. The van der Waals surface area contributed by atoms with E-state index in [-0.39, 0.29) is 17.7 Å². The Balaban J connectivity index is 1.08. The summed E-state index contributed by atoms with van der Waals surface area (Å²) < 4.78 is 17.6. The zero-order chi connectivity index (χ0) is 30.2. The topological polar surface area (TPSA) is 105 Å². The first kappa shape index (κ1) is 30.3. The highest BCUT2D eigenvalue weighted by atomic mass is 16.5. The minimum Gasteiger partial charge on any atom is -0.493 e. The van der Waals surface area contributed by atoms with Crippen LogP contribution in [0.15, 0.2) is 60.8 Å². The molecule has 0 aliphatic carbocycles. The average molecular weight is 589 g/mol. The lowest BCUT2D eigenvalue weighted by atomic mass is 9.91. The Morgan fingerprint density at radius 2 is 1.65 bits per heavy atom. The molecular weight excluding hydrogens is 548 g/mol. The van der Waals surface area contributed by atoms with Crippen molar-refractivity contribution in [2.45, 2.75) is 25.9 Å². The first-order chi connectivity index (χ1) is 21.0. The minimum absolute atomic E-state index is 0.118. The fraction of sp³-hybridized carbons (Fsp3) is 0.424. The molecule has 2 amide bonds. The number of likely N-dealkylation sites (tertiary alicyclic amines) is 1. The number of hydrogen-bond acceptors (Lipinski definition) is 8. The predicted molar refractivity (Wildman–Crippen MR) is 162 cm³/mol. The number of methoxy groups -OCH3 is 1. The molecule has 2 saturated heterocycles. The Bertz CT molecular complexity index is 1380. The number of aliphatic hydroxyl groups excluding tert-OH is 1. The van der Waals surface area contributed by atoms with Crippen LogP contribution in [0.25, 0.3) is 0 Å². The van der Waals surface area contributed by atoms with Crippen molar-refractivity contribution in [3.8, 4) is 17.2 Å². The lowest BCUT2D eigenvalue weighted by Crippen LogP contribution is -2.50. The number of nitrogens with zero attached hydrogens (tertiary/aromatic N) is 4. The van der Waals surface area contributed by atoms with E-state index < -0.39 is 6.61 Å². The number of carbonyl (C=O) groups excluding carboxylic acids is 2. The molecule has 10 heteroatoms. The number of carbonyl (C=O) groups is 2. The van der Waals surface area contributed by atoms with Crippen molar-refractivity contribution in [1.82, 2.24) is 19.7 Å². The Morgan fingerprint density at radius 1 is 0.907 bits per heavy atom. The molecule has 1 N–H and O–H groups in total. The molecule has 3 heterocycles. The Labute approximate surface area is 252 Å². The van der Waals surface area contributed by atoms with E-state index in [1.807, 2.05) is 18.2 Å². The lowest BCUT2D eigenvalue weighted by molar-refractivity contribution is -0.135. The minimum atomic E-state index is -0.447. The van der Waals surface area contributed by atoms with Gasteiger partial charge in [0.1, 0.15) is 31.3 Å². The molecule has 2 fully saturated rings. The van der Waals surface area contributed by atoms with Crippen molar-refractivity contribution < 1.29 is 28.9 Å². The van der Waals surface area contributed by atoms with Gasteiger partial charge in [-0.2, -0.15) is 0 Å². The van der Waals surface area contributed by atoms with Gasteiger partial charge in [0.2, 0.25) is 5.91 Å². The third-order valence-electron chi connectivity index (χ3n) is 8.14. The molecule has 2 aliphatic rings. The molecule has 0 radical (unpaired) electrons. The summed E-state index contributed by atoms with van der Waals surface area (Å²) in [6.07, 6.45) is 2.61. The third-order valence-corrected chi connectivity index (χ3v) is 8.14. The van der Waals surface area contributed by atoms with Crippen LogP contribution in [-0.2, 0) is 17.8 Å². The van der Waals surface area contributed by atoms with E-state index in [1.165, 1.54) is 5.56 Å². The summed E-state index contributed by atoms with van der Waals surface area (Å²) in [7, 11) is 1.64. The van der Waals surface area contributed by atoms with Crippen LogP contribution < -0.4 is 14.2 Å². The standard InChI is InChI=1S/C33H40N4O6/c1-3-24-4-6-25(7-5-24)23-43-30-9-8-26(18-31(30)41-2)27-20-37(21-27)33(40)29-19-28(10-11-34-29)42-17-16-35-12-14-36(15-13-35)32(39)22-38/h4-11,18-19,27,38H,3,12-17,20-23H2,1-2H3. The molecule has 1 aromatic heterocycles. The summed E-state index contributed by atoms with van der Waals surface area (Å²) in [5.74, 6) is 1.84. The lowest BCUT2D eigenvalue weighted by Gasteiger charge is -2.39. The van der Waals surface area contributed by atoms with Crippen LogP contribution in [0.5, 0.6) is 17.2 Å². The number of aryl methyl sites for hydroxylation is 1. The van der Waals surface area contributed by atoms with Crippen molar-refractivity contribution in [3.05, 3.63) is 83.2 Å². The van der Waals surface area contributed by atoms with Crippen molar-refractivity contribution in [2.24, 2.45) is 0 Å². The van der Waals surface area contributed by atoms with E-state index in [4.69, 9.17) is 19.3 Å². The average Bonchev–Trinajstić information content (AvgIpc) is 3.03. The van der Waals surface area contributed by atoms with E-state index >= 15 is 0 Å². The van der Waals surface area contributed by atoms with E-state index in [1.54, 1.807) is 35.2 Å². The second kappa shape index (κ2) is 14.3. The molecule has 0 unspecified atom stereocenters. The quantitative estimate of drug-likeness (QED) is 0.345. The molecule has 228 valence electrons. The highest BCUT2D eigenvalue weighted by molar-refractivity contribution is 5.93. The summed E-state index contributed by atoms with van der Waals surface area (Å²) in [4.78, 5) is 34.7. The Morgan fingerprint density at radius 3 is 2.35 bits per heavy atom. The summed E-state index contributed by atoms with van der Waals surface area (Å²) in [5.41, 5.74) is 3.87. The fourth-order valence-electron chi connectivity index (χ4n) is 5.34. The maximum Gasteiger partial charge on any atom is 0.272 e. The van der Waals surface area contributed by atoms with Gasteiger partial charge in [0.05, 0.1) is 7.11 Å². The zero-order valence-electron chi connectivity index (χ0n) is 24.9. The van der Waals surface area contributed by atoms with Gasteiger partial charge in [-0.3, -0.25) is 19.5 Å². The summed E-state index contributed by atoms with van der Waals surface area (Å²) >= 11 is 0. The summed E-state index contributed by atoms with van der Waals surface area (Å²) in [6.45, 7) is 7.20. The van der Waals surface area contributed by atoms with Gasteiger partial charge in [0.25, 0.3) is 5.91 Å². The van der Waals surface area contributed by atoms with Crippen molar-refractivity contribution in [2.75, 3.05) is 66.1 Å². The van der Waals surface area contributed by atoms with E-state index in [9.17, 15) is 9.59 Å². The van der Waals surface area contributed by atoms with Gasteiger partial charge in [0, 0.05) is 64.0 Å². The molecule has 3 aromatic rings. The molecule has 2 aromatic carbocycles. The van der Waals surface area contributed by atoms with Crippen molar-refractivity contribution in [1.29, 1.82) is 0 Å². The van der Waals surface area contributed by atoms with Gasteiger partial charge < -0.3 is 29.1 Å². The number of pyridine rings is 1. The number of rotatable bonds is 12. The number of piperazine rings is 1. The number of hydrogen-bond donors (Lipinski definition) is 1. The summed E-state index contributed by atoms with van der Waals surface area (Å²) in [5, 5.41) is 9.02. The van der Waals surface area contributed by atoms with Gasteiger partial charge in [-0.1, -0.05) is 37.3 Å². The van der Waals surface area contributed by atoms with Gasteiger partial charge in [0.15, 0.2) is 11.5 Å². The van der Waals surface area contributed by atoms with Gasteiger partial charge in [-0.15, -0.1) is 0 Å². The molecule has 0 atom stereocenters. The first-order valence-corrected chi connectivity index (χ1v) is 14.8. The Hall–Kier alpha value is -4.15. The van der Waals surface area contributed by atoms with E-state index in [2.05, 4.69) is 41.1 Å². The summed E-state index contributed by atoms with van der Waals surface area (Å²) in [6, 6.07) is 17.9. The van der Waals surface area contributed by atoms with Crippen molar-refractivity contribution in [3.63, 3.8) is 0 Å². The molecular formula is C33H40N4O6. The maximum atomic E-state index is 13.1. The number of amides is 2. The molecule has 0 saturated carbocycles. The zero-order valence-corrected chi connectivity index (χ0v) is 24.9. The third kappa shape index (κ3) is 7.63. The smallest absolute Gasteiger partial charge is 0.272 e. The first-order valence-electron chi connectivity index (χ1n) is 14.8. The molecule has 10 nitrogen and oxygen atoms in total. The van der Waals surface area contributed by atoms with E-state index in [0.717, 1.165) is 30.6 Å². The fourth-order valence-corrected chi connectivity index (χ4v) is 5.34. The van der Waals surface area contributed by atoms with Gasteiger partial charge >= 0.3 is 0 Å². The SMILES string of the molecule is CCc1ccc(COc2ccc(C3CN(C(=O)c4cc(OCCN5CCN(C(=O)CO)CC5)ccn4)C3)cc2OC)cc1. The van der Waals surface area contributed by atoms with Gasteiger partial charge in [-0.25, -0.2) is 0 Å². The Kier molecular flexibility index (Phi) is 10.1. The number of aromatic nitrogens is 1. The molecule has 43 heavy (non-hydrogen) atoms. The second-order valence-electron chi connectivity index (χ2n) is 10.9. The number of aliphatic hydroxyl groups is 1. The predicted octanol–water partition coefficient (Wildman–Crippen LogP) is 2.99. The molecule has 2 aliphatic heterocycles. The monoisotopic (exact) mass is 588 g/mol. The van der Waals surface area contributed by atoms with Crippen LogP contribution in [0.4, 0.5) is 0 Å². The van der Waals surface area contributed by atoms with Crippen LogP contribution in [0.1, 0.15) is 40.0 Å². The van der Waals surface area contributed by atoms with Crippen LogP contribution in [0.2, 0.25) is 0 Å².